The number of sulfonamides is 1. The van der Waals surface area contributed by atoms with Gasteiger partial charge in [-0.15, -0.1) is 11.3 Å². The second kappa shape index (κ2) is 4.61. The van der Waals surface area contributed by atoms with Crippen molar-refractivity contribution in [2.75, 3.05) is 18.1 Å². The molecule has 96 valence electrons. The van der Waals surface area contributed by atoms with Crippen LogP contribution < -0.4 is 4.72 Å². The summed E-state index contributed by atoms with van der Waals surface area (Å²) in [4.78, 5) is 15.6. The van der Waals surface area contributed by atoms with Gasteiger partial charge in [-0.2, -0.15) is 0 Å². The van der Waals surface area contributed by atoms with Gasteiger partial charge in [-0.05, 0) is 13.8 Å². The molecule has 0 bridgehead atoms. The lowest BCUT2D eigenvalue weighted by Gasteiger charge is -2.18. The summed E-state index contributed by atoms with van der Waals surface area (Å²) in [5.74, 6) is -0.422. The highest BCUT2D eigenvalue weighted by Gasteiger charge is 2.33. The molecule has 6 nitrogen and oxygen atoms in total. The first-order valence-corrected chi connectivity index (χ1v) is 7.46. The Morgan fingerprint density at radius 3 is 2.59 bits per heavy atom. The number of rotatable bonds is 4. The molecule has 8 heteroatoms. The van der Waals surface area contributed by atoms with E-state index in [-0.39, 0.29) is 5.13 Å². The van der Waals surface area contributed by atoms with E-state index < -0.39 is 21.4 Å². The minimum absolute atomic E-state index is 0.236. The van der Waals surface area contributed by atoms with Gasteiger partial charge >= 0.3 is 5.97 Å². The Morgan fingerprint density at radius 2 is 2.12 bits per heavy atom. The summed E-state index contributed by atoms with van der Waals surface area (Å²) in [7, 11) is -2.06. The average Bonchev–Trinajstić information content (AvgIpc) is 2.62. The van der Waals surface area contributed by atoms with E-state index in [4.69, 9.17) is 0 Å². The Morgan fingerprint density at radius 1 is 1.53 bits per heavy atom. The number of aromatic nitrogens is 1. The maximum absolute atomic E-state index is 11.5. The highest BCUT2D eigenvalue weighted by Crippen LogP contribution is 2.28. The van der Waals surface area contributed by atoms with E-state index in [9.17, 15) is 13.2 Å². The fourth-order valence-corrected chi connectivity index (χ4v) is 2.86. The number of carbonyl (C=O) groups excluding carboxylic acids is 1. The van der Waals surface area contributed by atoms with E-state index in [1.165, 1.54) is 7.11 Å². The molecule has 0 spiro atoms. The Hall–Kier alpha value is -1.15. The van der Waals surface area contributed by atoms with E-state index >= 15 is 0 Å². The summed E-state index contributed by atoms with van der Waals surface area (Å²) in [6.45, 7) is 3.33. The summed E-state index contributed by atoms with van der Waals surface area (Å²) in [5, 5.41) is 1.87. The van der Waals surface area contributed by atoms with E-state index in [1.807, 2.05) is 0 Å². The molecule has 0 saturated heterocycles. The highest BCUT2D eigenvalue weighted by molar-refractivity contribution is 7.92. The second-order valence-corrected chi connectivity index (χ2v) is 6.64. The van der Waals surface area contributed by atoms with Crippen LogP contribution in [0.3, 0.4) is 0 Å². The minimum Gasteiger partial charge on any atom is -0.468 e. The van der Waals surface area contributed by atoms with Crippen LogP contribution in [0.4, 0.5) is 5.13 Å². The van der Waals surface area contributed by atoms with Crippen molar-refractivity contribution in [1.29, 1.82) is 0 Å². The van der Waals surface area contributed by atoms with E-state index in [0.29, 0.717) is 5.69 Å². The van der Waals surface area contributed by atoms with Crippen molar-refractivity contribution in [3.05, 3.63) is 11.1 Å². The predicted octanol–water partition coefficient (Wildman–Crippen LogP) is 0.965. The lowest BCUT2D eigenvalue weighted by Crippen LogP contribution is -2.30. The number of carbonyl (C=O) groups is 1. The number of thiazole rings is 1. The van der Waals surface area contributed by atoms with Gasteiger partial charge in [0.05, 0.1) is 19.1 Å². The molecule has 1 heterocycles. The van der Waals surface area contributed by atoms with Crippen LogP contribution in [0.5, 0.6) is 0 Å². The first kappa shape index (κ1) is 13.9. The number of ether oxygens (including phenoxy) is 1. The fraction of sp³-hybridized carbons (Fsp3) is 0.556. The molecule has 0 saturated carbocycles. The number of nitrogens with one attached hydrogen (secondary N) is 1. The molecular weight excluding hydrogens is 264 g/mol. The van der Waals surface area contributed by atoms with Gasteiger partial charge in [0, 0.05) is 5.38 Å². The molecule has 0 aromatic carbocycles. The lowest BCUT2D eigenvalue weighted by molar-refractivity contribution is -0.146. The normalized spacial score (nSPS) is 12.2. The molecule has 1 aromatic rings. The van der Waals surface area contributed by atoms with Crippen LogP contribution in [0.1, 0.15) is 19.5 Å². The van der Waals surface area contributed by atoms with Crippen molar-refractivity contribution < 1.29 is 17.9 Å². The van der Waals surface area contributed by atoms with Crippen LogP contribution in [0.2, 0.25) is 0 Å². The molecule has 0 amide bonds. The molecule has 1 N–H and O–H groups in total. The lowest BCUT2D eigenvalue weighted by atomic mass is 9.90. The zero-order valence-electron chi connectivity index (χ0n) is 9.97. The monoisotopic (exact) mass is 278 g/mol. The van der Waals surface area contributed by atoms with Crippen LogP contribution in [-0.2, 0) is 25.0 Å². The van der Waals surface area contributed by atoms with Gasteiger partial charge in [0.1, 0.15) is 5.41 Å². The molecule has 0 aliphatic heterocycles. The summed E-state index contributed by atoms with van der Waals surface area (Å²) < 4.78 is 29.0. The summed E-state index contributed by atoms with van der Waals surface area (Å²) in [6.07, 6.45) is 1.04. The third kappa shape index (κ3) is 3.40. The van der Waals surface area contributed by atoms with Crippen LogP contribution in [0, 0.1) is 0 Å². The van der Waals surface area contributed by atoms with Crippen molar-refractivity contribution >= 4 is 32.5 Å². The van der Waals surface area contributed by atoms with Crippen molar-refractivity contribution in [3.63, 3.8) is 0 Å². The Labute approximate surface area is 104 Å². The fourth-order valence-electron chi connectivity index (χ4n) is 1.13. The zero-order chi connectivity index (χ0) is 13.3. The molecule has 17 heavy (non-hydrogen) atoms. The van der Waals surface area contributed by atoms with Gasteiger partial charge in [-0.1, -0.05) is 0 Å². The maximum atomic E-state index is 11.5. The average molecular weight is 278 g/mol. The van der Waals surface area contributed by atoms with Crippen molar-refractivity contribution in [2.24, 2.45) is 0 Å². The van der Waals surface area contributed by atoms with Gasteiger partial charge in [0.25, 0.3) is 0 Å². The summed E-state index contributed by atoms with van der Waals surface area (Å²) >= 11 is 1.12. The Bertz CT molecular complexity index is 519. The first-order chi connectivity index (χ1) is 7.66. The summed E-state index contributed by atoms with van der Waals surface area (Å²) in [6, 6.07) is 0. The number of anilines is 1. The molecule has 0 aliphatic rings. The van der Waals surface area contributed by atoms with Gasteiger partial charge < -0.3 is 4.74 Å². The standard InChI is InChI=1S/C9H14N2O4S2/c1-9(2,7(12)15-3)6-5-16-8(10-6)11-17(4,13)14/h5H,1-4H3,(H,10,11). The zero-order valence-corrected chi connectivity index (χ0v) is 11.6. The molecule has 1 aromatic heterocycles. The smallest absolute Gasteiger partial charge is 0.317 e. The molecule has 0 aliphatic carbocycles. The predicted molar refractivity (Wildman–Crippen MR) is 65.6 cm³/mol. The minimum atomic E-state index is -3.35. The SMILES string of the molecule is COC(=O)C(C)(C)c1csc(NS(C)(=O)=O)n1. The third-order valence-corrected chi connectivity index (χ3v) is 3.56. The molecule has 0 fully saturated rings. The molecule has 1 rings (SSSR count). The maximum Gasteiger partial charge on any atom is 0.317 e. The highest BCUT2D eigenvalue weighted by atomic mass is 32.2. The van der Waals surface area contributed by atoms with Crippen molar-refractivity contribution in [2.45, 2.75) is 19.3 Å². The molecule has 0 unspecified atom stereocenters. The van der Waals surface area contributed by atoms with Gasteiger partial charge in [-0.3, -0.25) is 9.52 Å². The van der Waals surface area contributed by atoms with Crippen LogP contribution in [-0.4, -0.2) is 32.7 Å². The topological polar surface area (TPSA) is 85.4 Å². The van der Waals surface area contributed by atoms with Gasteiger partial charge in [0.15, 0.2) is 5.13 Å². The van der Waals surface area contributed by atoms with Crippen LogP contribution >= 0.6 is 11.3 Å². The third-order valence-electron chi connectivity index (χ3n) is 2.11. The largest absolute Gasteiger partial charge is 0.468 e. The van der Waals surface area contributed by atoms with Crippen molar-refractivity contribution in [1.82, 2.24) is 4.98 Å². The van der Waals surface area contributed by atoms with Gasteiger partial charge in [0.2, 0.25) is 10.0 Å². The van der Waals surface area contributed by atoms with Gasteiger partial charge in [-0.25, -0.2) is 13.4 Å². The first-order valence-electron chi connectivity index (χ1n) is 4.69. The second-order valence-electron chi connectivity index (χ2n) is 4.03. The Balaban J connectivity index is 2.99. The Kier molecular flexibility index (Phi) is 3.78. The number of hydrogen-bond acceptors (Lipinski definition) is 6. The molecule has 0 atom stereocenters. The van der Waals surface area contributed by atoms with E-state index in [0.717, 1.165) is 17.6 Å². The number of nitrogens with zero attached hydrogens (tertiary/aromatic N) is 1. The van der Waals surface area contributed by atoms with Crippen LogP contribution in [0.25, 0.3) is 0 Å². The van der Waals surface area contributed by atoms with E-state index in [1.54, 1.807) is 19.2 Å². The quantitative estimate of drug-likeness (QED) is 0.829. The van der Waals surface area contributed by atoms with Crippen molar-refractivity contribution in [3.8, 4) is 0 Å². The molecule has 0 radical (unpaired) electrons. The van der Waals surface area contributed by atoms with Crippen LogP contribution in [0.15, 0.2) is 5.38 Å². The number of methoxy groups -OCH3 is 1. The number of hydrogen-bond donors (Lipinski definition) is 1. The molecular formula is C9H14N2O4S2. The number of esters is 1. The van der Waals surface area contributed by atoms with E-state index in [2.05, 4.69) is 14.4 Å². The summed E-state index contributed by atoms with van der Waals surface area (Å²) in [5.41, 5.74) is -0.427.